The lowest BCUT2D eigenvalue weighted by Gasteiger charge is -2.11. The van der Waals surface area contributed by atoms with Crippen molar-refractivity contribution < 1.29 is 9.59 Å². The van der Waals surface area contributed by atoms with Crippen molar-refractivity contribution in [2.75, 3.05) is 6.54 Å². The van der Waals surface area contributed by atoms with Crippen molar-refractivity contribution in [1.29, 1.82) is 0 Å². The molecule has 2 N–H and O–H groups in total. The number of nitrogens with one attached hydrogen (secondary N) is 2. The zero-order chi connectivity index (χ0) is 11.1. The molecule has 1 saturated carbocycles. The van der Waals surface area contributed by atoms with Crippen LogP contribution in [0.1, 0.15) is 32.1 Å². The molecule has 0 unspecified atom stereocenters. The van der Waals surface area contributed by atoms with Crippen LogP contribution in [0, 0.1) is 0 Å². The molecule has 0 aromatic carbocycles. The van der Waals surface area contributed by atoms with Gasteiger partial charge in [0.25, 0.3) is 0 Å². The second-order valence-electron chi connectivity index (χ2n) is 3.82. The average molecular weight is 210 g/mol. The smallest absolute Gasteiger partial charge is 0.229 e. The van der Waals surface area contributed by atoms with E-state index in [0.29, 0.717) is 6.54 Å². The van der Waals surface area contributed by atoms with E-state index in [1.807, 2.05) is 0 Å². The molecule has 0 bridgehead atoms. The van der Waals surface area contributed by atoms with Gasteiger partial charge in [-0.15, -0.1) is 6.58 Å². The van der Waals surface area contributed by atoms with Crippen molar-refractivity contribution in [3.8, 4) is 0 Å². The zero-order valence-electron chi connectivity index (χ0n) is 8.92. The van der Waals surface area contributed by atoms with Gasteiger partial charge in [0, 0.05) is 12.6 Å². The third-order valence-electron chi connectivity index (χ3n) is 2.48. The van der Waals surface area contributed by atoms with Crippen molar-refractivity contribution in [3.63, 3.8) is 0 Å². The molecule has 0 aromatic rings. The summed E-state index contributed by atoms with van der Waals surface area (Å²) in [5, 5.41) is 5.43. The van der Waals surface area contributed by atoms with Crippen LogP contribution in [-0.2, 0) is 9.59 Å². The molecule has 4 nitrogen and oxygen atoms in total. The first kappa shape index (κ1) is 11.8. The average Bonchev–Trinajstić information content (AvgIpc) is 2.67. The van der Waals surface area contributed by atoms with Gasteiger partial charge < -0.3 is 10.6 Å². The predicted molar refractivity (Wildman–Crippen MR) is 58.2 cm³/mol. The van der Waals surface area contributed by atoms with Crippen LogP contribution in [0.5, 0.6) is 0 Å². The van der Waals surface area contributed by atoms with E-state index in [2.05, 4.69) is 17.2 Å². The zero-order valence-corrected chi connectivity index (χ0v) is 8.92. The maximum atomic E-state index is 11.4. The third-order valence-corrected chi connectivity index (χ3v) is 2.48. The molecule has 0 spiro atoms. The van der Waals surface area contributed by atoms with Crippen molar-refractivity contribution >= 4 is 11.8 Å². The topological polar surface area (TPSA) is 58.2 Å². The lowest BCUT2D eigenvalue weighted by molar-refractivity contribution is -0.129. The largest absolute Gasteiger partial charge is 0.353 e. The normalized spacial score (nSPS) is 16.0. The van der Waals surface area contributed by atoms with Gasteiger partial charge in [0.15, 0.2) is 0 Å². The Hall–Kier alpha value is -1.32. The van der Waals surface area contributed by atoms with Crippen LogP contribution in [0.3, 0.4) is 0 Å². The maximum Gasteiger partial charge on any atom is 0.229 e. The van der Waals surface area contributed by atoms with Gasteiger partial charge in [-0.3, -0.25) is 9.59 Å². The van der Waals surface area contributed by atoms with Crippen LogP contribution in [0.2, 0.25) is 0 Å². The molecule has 0 aromatic heterocycles. The molecule has 1 fully saturated rings. The fourth-order valence-corrected chi connectivity index (χ4v) is 1.74. The standard InChI is InChI=1S/C11H18N2O2/c1-2-7-12-10(14)8-11(15)13-9-5-3-4-6-9/h2,9H,1,3-8H2,(H,12,14)(H,13,15). The molecule has 4 heteroatoms. The highest BCUT2D eigenvalue weighted by Crippen LogP contribution is 2.17. The second kappa shape index (κ2) is 6.22. The van der Waals surface area contributed by atoms with Gasteiger partial charge in [0.05, 0.1) is 0 Å². The molecule has 1 aliphatic carbocycles. The van der Waals surface area contributed by atoms with E-state index in [-0.39, 0.29) is 24.3 Å². The number of carbonyl (C=O) groups is 2. The SMILES string of the molecule is C=CCNC(=O)CC(=O)NC1CCCC1. The summed E-state index contributed by atoms with van der Waals surface area (Å²) < 4.78 is 0. The van der Waals surface area contributed by atoms with Gasteiger partial charge in [0.1, 0.15) is 6.42 Å². The summed E-state index contributed by atoms with van der Waals surface area (Å²) in [6, 6.07) is 0.282. The Morgan fingerprint density at radius 3 is 2.53 bits per heavy atom. The number of hydrogen-bond acceptors (Lipinski definition) is 2. The monoisotopic (exact) mass is 210 g/mol. The van der Waals surface area contributed by atoms with Crippen LogP contribution >= 0.6 is 0 Å². The van der Waals surface area contributed by atoms with Crippen molar-refractivity contribution in [2.24, 2.45) is 0 Å². The summed E-state index contributed by atoms with van der Waals surface area (Å²) in [7, 11) is 0. The molecule has 0 saturated heterocycles. The van der Waals surface area contributed by atoms with Gasteiger partial charge in [-0.1, -0.05) is 18.9 Å². The highest BCUT2D eigenvalue weighted by Gasteiger charge is 2.18. The number of amides is 2. The fourth-order valence-electron chi connectivity index (χ4n) is 1.74. The molecule has 15 heavy (non-hydrogen) atoms. The van der Waals surface area contributed by atoms with Crippen molar-refractivity contribution in [3.05, 3.63) is 12.7 Å². The molecule has 0 radical (unpaired) electrons. The minimum atomic E-state index is -0.245. The Morgan fingerprint density at radius 1 is 1.27 bits per heavy atom. The van der Waals surface area contributed by atoms with Crippen molar-refractivity contribution in [1.82, 2.24) is 10.6 Å². The Kier molecular flexibility index (Phi) is 4.87. The van der Waals surface area contributed by atoms with E-state index in [0.717, 1.165) is 12.8 Å². The predicted octanol–water partition coefficient (Wildman–Crippen LogP) is 0.737. The van der Waals surface area contributed by atoms with E-state index < -0.39 is 0 Å². The molecular formula is C11H18N2O2. The molecule has 0 heterocycles. The van der Waals surface area contributed by atoms with Gasteiger partial charge >= 0.3 is 0 Å². The number of rotatable bonds is 5. The van der Waals surface area contributed by atoms with Crippen LogP contribution in [0.4, 0.5) is 0 Å². The van der Waals surface area contributed by atoms with Gasteiger partial charge in [-0.2, -0.15) is 0 Å². The lowest BCUT2D eigenvalue weighted by Crippen LogP contribution is -2.36. The first-order valence-electron chi connectivity index (χ1n) is 5.39. The van der Waals surface area contributed by atoms with E-state index in [4.69, 9.17) is 0 Å². The molecule has 1 aliphatic rings. The Bertz CT molecular complexity index is 245. The van der Waals surface area contributed by atoms with Gasteiger partial charge in [0.2, 0.25) is 11.8 Å². The second-order valence-corrected chi connectivity index (χ2v) is 3.82. The minimum absolute atomic E-state index is 0.0790. The van der Waals surface area contributed by atoms with E-state index in [9.17, 15) is 9.59 Å². The van der Waals surface area contributed by atoms with E-state index in [1.54, 1.807) is 6.08 Å². The van der Waals surface area contributed by atoms with E-state index >= 15 is 0 Å². The first-order valence-corrected chi connectivity index (χ1v) is 5.39. The molecule has 2 amide bonds. The maximum absolute atomic E-state index is 11.4. The quantitative estimate of drug-likeness (QED) is 0.519. The highest BCUT2D eigenvalue weighted by molar-refractivity contribution is 5.97. The Morgan fingerprint density at radius 2 is 1.93 bits per heavy atom. The van der Waals surface area contributed by atoms with Crippen molar-refractivity contribution in [2.45, 2.75) is 38.1 Å². The summed E-state index contributed by atoms with van der Waals surface area (Å²) in [5.74, 6) is -0.422. The molecular weight excluding hydrogens is 192 g/mol. The highest BCUT2D eigenvalue weighted by atomic mass is 16.2. The van der Waals surface area contributed by atoms with E-state index in [1.165, 1.54) is 12.8 Å². The van der Waals surface area contributed by atoms with Gasteiger partial charge in [-0.05, 0) is 12.8 Å². The van der Waals surface area contributed by atoms with Crippen LogP contribution in [-0.4, -0.2) is 24.4 Å². The van der Waals surface area contributed by atoms with Crippen LogP contribution in [0.25, 0.3) is 0 Å². The minimum Gasteiger partial charge on any atom is -0.353 e. The lowest BCUT2D eigenvalue weighted by atomic mass is 10.2. The molecule has 0 aliphatic heterocycles. The number of carbonyl (C=O) groups excluding carboxylic acids is 2. The van der Waals surface area contributed by atoms with Crippen LogP contribution < -0.4 is 10.6 Å². The Labute approximate surface area is 90.1 Å². The van der Waals surface area contributed by atoms with Gasteiger partial charge in [-0.25, -0.2) is 0 Å². The summed E-state index contributed by atoms with van der Waals surface area (Å²) in [6.07, 6.45) is 5.94. The molecule has 1 rings (SSSR count). The summed E-state index contributed by atoms with van der Waals surface area (Å²) in [6.45, 7) is 3.89. The Balaban J connectivity index is 2.16. The first-order chi connectivity index (χ1) is 7.22. The van der Waals surface area contributed by atoms with Crippen LogP contribution in [0.15, 0.2) is 12.7 Å². The third kappa shape index (κ3) is 4.63. The summed E-state index contributed by atoms with van der Waals surface area (Å²) >= 11 is 0. The molecule has 0 atom stereocenters. The fraction of sp³-hybridized carbons (Fsp3) is 0.636. The molecule has 84 valence electrons. The summed E-state index contributed by atoms with van der Waals surface area (Å²) in [5.41, 5.74) is 0. The summed E-state index contributed by atoms with van der Waals surface area (Å²) in [4.78, 5) is 22.5. The number of hydrogen-bond donors (Lipinski definition) is 2.